The second kappa shape index (κ2) is 3.35. The molecule has 1 rings (SSSR count). The summed E-state index contributed by atoms with van der Waals surface area (Å²) in [6.45, 7) is 3.51. The fourth-order valence-corrected chi connectivity index (χ4v) is 1.89. The summed E-state index contributed by atoms with van der Waals surface area (Å²) in [6, 6.07) is -0.677. The summed E-state index contributed by atoms with van der Waals surface area (Å²) in [5.41, 5.74) is -0.991. The second-order valence-corrected chi connectivity index (χ2v) is 3.85. The first-order valence-electron chi connectivity index (χ1n) is 3.95. The molecule has 0 aromatic heterocycles. The van der Waals surface area contributed by atoms with E-state index in [-0.39, 0.29) is 0 Å². The number of hydrogen-bond acceptors (Lipinski definition) is 2. The molecule has 3 amide bonds. The molecule has 1 heterocycles. The van der Waals surface area contributed by atoms with Gasteiger partial charge in [0.25, 0.3) is 5.91 Å². The zero-order valence-electron chi connectivity index (χ0n) is 7.38. The lowest BCUT2D eigenvalue weighted by atomic mass is 9.97. The Balaban J connectivity index is 2.98. The largest absolute Gasteiger partial charge is 0.357 e. The number of imide groups is 1. The molecule has 1 unspecified atom stereocenters. The van der Waals surface area contributed by atoms with E-state index in [0.29, 0.717) is 10.8 Å². The molecule has 6 heteroatoms. The van der Waals surface area contributed by atoms with Crippen molar-refractivity contribution < 1.29 is 9.59 Å². The number of rotatable bonds is 2. The lowest BCUT2D eigenvalue weighted by Gasteiger charge is -2.24. The van der Waals surface area contributed by atoms with E-state index in [0.717, 1.165) is 10.8 Å². The predicted octanol–water partition coefficient (Wildman–Crippen LogP) is 2.12. The van der Waals surface area contributed by atoms with Crippen molar-refractivity contribution in [3.63, 3.8) is 0 Å². The van der Waals surface area contributed by atoms with Gasteiger partial charge in [0, 0.05) is 23.6 Å². The summed E-state index contributed by atoms with van der Waals surface area (Å²) in [6.07, 6.45) is 1.26. The highest BCUT2D eigenvalue weighted by Crippen LogP contribution is 2.34. The van der Waals surface area contributed by atoms with Crippen LogP contribution in [-0.2, 0) is 4.79 Å². The number of hydrogen-bond donors (Lipinski definition) is 0. The van der Waals surface area contributed by atoms with Crippen LogP contribution in [0, 0.1) is 0 Å². The maximum atomic E-state index is 11.5. The Bertz CT molecular complexity index is 259. The van der Waals surface area contributed by atoms with E-state index in [4.69, 9.17) is 23.6 Å². The average molecular weight is 225 g/mol. The van der Waals surface area contributed by atoms with Gasteiger partial charge in [0.1, 0.15) is 5.54 Å². The molecule has 74 valence electrons. The van der Waals surface area contributed by atoms with Crippen LogP contribution >= 0.6 is 23.6 Å². The van der Waals surface area contributed by atoms with Gasteiger partial charge in [-0.2, -0.15) is 4.42 Å². The second-order valence-electron chi connectivity index (χ2n) is 3.17. The summed E-state index contributed by atoms with van der Waals surface area (Å²) >= 11 is 11.1. The van der Waals surface area contributed by atoms with Gasteiger partial charge in [-0.15, -0.1) is 0 Å². The molecule has 0 radical (unpaired) electrons. The summed E-state index contributed by atoms with van der Waals surface area (Å²) in [4.78, 5) is 22.7. The van der Waals surface area contributed by atoms with Gasteiger partial charge in [-0.25, -0.2) is 9.21 Å². The number of carbonyl (C=O) groups excluding carboxylic acids is 2. The molecule has 4 nitrogen and oxygen atoms in total. The molecule has 1 atom stereocenters. The maximum Gasteiger partial charge on any atom is 0.357 e. The number of halogens is 2. The summed E-state index contributed by atoms with van der Waals surface area (Å²) in [7, 11) is 0. The molecule has 0 saturated carbocycles. The number of carbonyl (C=O) groups is 2. The summed E-state index contributed by atoms with van der Waals surface area (Å²) in [5, 5.41) is 0. The zero-order valence-corrected chi connectivity index (χ0v) is 8.89. The SMILES string of the molecule is CCCC1(C)C(=O)N(Cl)C(=O)N1Cl. The third-order valence-electron chi connectivity index (χ3n) is 2.15. The van der Waals surface area contributed by atoms with E-state index in [1.165, 1.54) is 0 Å². The Morgan fingerprint density at radius 1 is 1.38 bits per heavy atom. The van der Waals surface area contributed by atoms with E-state index in [9.17, 15) is 9.59 Å². The number of amides is 3. The van der Waals surface area contributed by atoms with Crippen LogP contribution in [-0.4, -0.2) is 26.3 Å². The quantitative estimate of drug-likeness (QED) is 0.533. The van der Waals surface area contributed by atoms with Crippen molar-refractivity contribution in [2.45, 2.75) is 32.2 Å². The predicted molar refractivity (Wildman–Crippen MR) is 49.1 cm³/mol. The molecule has 1 saturated heterocycles. The molecule has 0 bridgehead atoms. The Morgan fingerprint density at radius 3 is 2.23 bits per heavy atom. The first-order valence-corrected chi connectivity index (χ1v) is 4.63. The van der Waals surface area contributed by atoms with Gasteiger partial charge in [0.2, 0.25) is 0 Å². The Kier molecular flexibility index (Phi) is 2.73. The molecule has 0 aromatic carbocycles. The van der Waals surface area contributed by atoms with Crippen LogP contribution in [0.2, 0.25) is 0 Å². The minimum absolute atomic E-state index is 0.462. The molecule has 0 spiro atoms. The molecule has 0 N–H and O–H groups in total. The highest BCUT2D eigenvalue weighted by molar-refractivity contribution is 6.39. The topological polar surface area (TPSA) is 40.6 Å². The van der Waals surface area contributed by atoms with E-state index in [2.05, 4.69) is 0 Å². The standard InChI is InChI=1S/C7H10Cl2N2O2/c1-3-4-7(2)5(12)10(8)6(13)11(7)9/h3-4H2,1-2H3. The minimum Gasteiger partial charge on any atom is -0.270 e. The molecule has 1 aliphatic rings. The Hall–Kier alpha value is -0.480. The molecule has 0 aromatic rings. The molecule has 1 aliphatic heterocycles. The fourth-order valence-electron chi connectivity index (χ4n) is 1.36. The average Bonchev–Trinajstić information content (AvgIpc) is 2.23. The van der Waals surface area contributed by atoms with Crippen LogP contribution in [0.25, 0.3) is 0 Å². The van der Waals surface area contributed by atoms with Gasteiger partial charge in [-0.3, -0.25) is 4.79 Å². The van der Waals surface area contributed by atoms with Crippen molar-refractivity contribution in [1.82, 2.24) is 8.84 Å². The molecule has 1 fully saturated rings. The maximum absolute atomic E-state index is 11.5. The summed E-state index contributed by atoms with van der Waals surface area (Å²) in [5.74, 6) is -0.462. The summed E-state index contributed by atoms with van der Waals surface area (Å²) < 4.78 is 1.40. The van der Waals surface area contributed by atoms with Gasteiger partial charge in [0.05, 0.1) is 0 Å². The van der Waals surface area contributed by atoms with Crippen molar-refractivity contribution in [3.05, 3.63) is 0 Å². The van der Waals surface area contributed by atoms with E-state index >= 15 is 0 Å². The van der Waals surface area contributed by atoms with E-state index < -0.39 is 17.5 Å². The van der Waals surface area contributed by atoms with E-state index in [1.807, 2.05) is 6.92 Å². The molecular formula is C7H10Cl2N2O2. The third kappa shape index (κ3) is 1.38. The van der Waals surface area contributed by atoms with Crippen LogP contribution in [0.1, 0.15) is 26.7 Å². The lowest BCUT2D eigenvalue weighted by Crippen LogP contribution is -2.41. The van der Waals surface area contributed by atoms with Crippen molar-refractivity contribution in [2.24, 2.45) is 0 Å². The highest BCUT2D eigenvalue weighted by atomic mass is 35.5. The smallest absolute Gasteiger partial charge is 0.270 e. The lowest BCUT2D eigenvalue weighted by molar-refractivity contribution is -0.128. The third-order valence-corrected chi connectivity index (χ3v) is 2.96. The van der Waals surface area contributed by atoms with Gasteiger partial charge in [0.15, 0.2) is 0 Å². The normalized spacial score (nSPS) is 28.9. The van der Waals surface area contributed by atoms with Gasteiger partial charge >= 0.3 is 6.03 Å². The van der Waals surface area contributed by atoms with Crippen molar-refractivity contribution >= 4 is 35.5 Å². The Morgan fingerprint density at radius 2 is 1.92 bits per heavy atom. The molecular weight excluding hydrogens is 215 g/mol. The fraction of sp³-hybridized carbons (Fsp3) is 0.714. The van der Waals surface area contributed by atoms with E-state index in [1.54, 1.807) is 6.92 Å². The van der Waals surface area contributed by atoms with Crippen molar-refractivity contribution in [2.75, 3.05) is 0 Å². The van der Waals surface area contributed by atoms with Gasteiger partial charge < -0.3 is 0 Å². The monoisotopic (exact) mass is 224 g/mol. The highest BCUT2D eigenvalue weighted by Gasteiger charge is 2.53. The first-order chi connectivity index (χ1) is 5.95. The van der Waals surface area contributed by atoms with Crippen LogP contribution < -0.4 is 0 Å². The van der Waals surface area contributed by atoms with Crippen molar-refractivity contribution in [1.29, 1.82) is 0 Å². The zero-order chi connectivity index (χ0) is 10.2. The van der Waals surface area contributed by atoms with Gasteiger partial charge in [-0.05, 0) is 13.3 Å². The molecule has 0 aliphatic carbocycles. The Labute approximate surface area is 86.6 Å². The van der Waals surface area contributed by atoms with Crippen LogP contribution in [0.5, 0.6) is 0 Å². The first kappa shape index (κ1) is 10.6. The van der Waals surface area contributed by atoms with Crippen molar-refractivity contribution in [3.8, 4) is 0 Å². The minimum atomic E-state index is -0.991. The van der Waals surface area contributed by atoms with Crippen LogP contribution in [0.4, 0.5) is 4.79 Å². The molecule has 13 heavy (non-hydrogen) atoms. The number of urea groups is 1. The van der Waals surface area contributed by atoms with Gasteiger partial charge in [-0.1, -0.05) is 13.3 Å². The number of nitrogens with zero attached hydrogens (tertiary/aromatic N) is 2. The van der Waals surface area contributed by atoms with Crippen LogP contribution in [0.3, 0.4) is 0 Å². The van der Waals surface area contributed by atoms with Crippen LogP contribution in [0.15, 0.2) is 0 Å².